The number of benzene rings is 2. The van der Waals surface area contributed by atoms with Crippen molar-refractivity contribution in [2.24, 2.45) is 0 Å². The Morgan fingerprint density at radius 2 is 1.45 bits per heavy atom. The molecule has 0 N–H and O–H groups in total. The summed E-state index contributed by atoms with van der Waals surface area (Å²) < 4.78 is 31.6. The second-order valence-corrected chi connectivity index (χ2v) is 8.72. The van der Waals surface area contributed by atoms with Crippen LogP contribution in [0.2, 0.25) is 0 Å². The third-order valence-corrected chi connectivity index (χ3v) is 6.91. The van der Waals surface area contributed by atoms with Crippen LogP contribution >= 0.6 is 0 Å². The average Bonchev–Trinajstić information content (AvgIpc) is 3.36. The van der Waals surface area contributed by atoms with E-state index in [0.29, 0.717) is 13.1 Å². The summed E-state index contributed by atoms with van der Waals surface area (Å²) in [7, 11) is -3.57. The van der Waals surface area contributed by atoms with Gasteiger partial charge in [0.1, 0.15) is 0 Å². The van der Waals surface area contributed by atoms with Crippen molar-refractivity contribution in [3.8, 4) is 0 Å². The zero-order valence-electron chi connectivity index (χ0n) is 15.4. The molecule has 2 aromatic rings. The first-order valence-corrected chi connectivity index (χ1v) is 10.6. The summed E-state index contributed by atoms with van der Waals surface area (Å²) in [5.41, 5.74) is 0.664. The number of imide groups is 1. The van der Waals surface area contributed by atoms with Crippen molar-refractivity contribution in [3.63, 3.8) is 0 Å². The summed E-state index contributed by atoms with van der Waals surface area (Å²) >= 11 is 0. The lowest BCUT2D eigenvalue weighted by molar-refractivity contribution is 0.0228. The van der Waals surface area contributed by atoms with Gasteiger partial charge in [-0.1, -0.05) is 12.1 Å². The Morgan fingerprint density at radius 1 is 0.897 bits per heavy atom. The Balaban J connectivity index is 1.42. The van der Waals surface area contributed by atoms with Gasteiger partial charge in [0.25, 0.3) is 11.8 Å². The number of carbonyl (C=O) groups excluding carboxylic acids is 3. The first kappa shape index (κ1) is 19.3. The number of fused-ring (bicyclic) bond motifs is 1. The van der Waals surface area contributed by atoms with Gasteiger partial charge in [0.2, 0.25) is 10.0 Å². The van der Waals surface area contributed by atoms with Gasteiger partial charge in [-0.2, -0.15) is 4.31 Å². The Hall–Kier alpha value is -3.04. The normalized spacial score (nSPS) is 16.9. The van der Waals surface area contributed by atoms with Crippen LogP contribution in [-0.4, -0.2) is 55.2 Å². The van der Waals surface area contributed by atoms with E-state index >= 15 is 0 Å². The molecule has 29 heavy (non-hydrogen) atoms. The van der Waals surface area contributed by atoms with E-state index in [-0.39, 0.29) is 21.6 Å². The lowest BCUT2D eigenvalue weighted by Gasteiger charge is -2.16. The Bertz CT molecular complexity index is 1050. The SMILES string of the molecule is O=C(OCN1C(=O)c2ccccc2C1=O)c1ccc(S(=O)(=O)N2CCCC2)cc1. The number of nitrogens with zero attached hydrogens (tertiary/aromatic N) is 2. The minimum atomic E-state index is -3.57. The van der Waals surface area contributed by atoms with Crippen LogP contribution in [0.3, 0.4) is 0 Å². The molecular formula is C20H18N2O6S. The highest BCUT2D eigenvalue weighted by Gasteiger charge is 2.36. The molecule has 0 saturated carbocycles. The second kappa shape index (κ2) is 7.41. The number of sulfonamides is 1. The Labute approximate surface area is 167 Å². The molecule has 4 rings (SSSR count). The van der Waals surface area contributed by atoms with Gasteiger partial charge >= 0.3 is 5.97 Å². The molecule has 0 spiro atoms. The van der Waals surface area contributed by atoms with E-state index < -0.39 is 34.5 Å². The molecule has 2 aliphatic rings. The number of ether oxygens (including phenoxy) is 1. The average molecular weight is 414 g/mol. The van der Waals surface area contributed by atoms with Crippen molar-refractivity contribution in [1.82, 2.24) is 9.21 Å². The molecule has 9 heteroatoms. The van der Waals surface area contributed by atoms with E-state index in [9.17, 15) is 22.8 Å². The summed E-state index contributed by atoms with van der Waals surface area (Å²) in [5, 5.41) is 0. The second-order valence-electron chi connectivity index (χ2n) is 6.78. The van der Waals surface area contributed by atoms with Crippen LogP contribution in [0.15, 0.2) is 53.4 Å². The minimum Gasteiger partial charge on any atom is -0.440 e. The Morgan fingerprint density at radius 3 is 2.00 bits per heavy atom. The van der Waals surface area contributed by atoms with Crippen LogP contribution in [0.4, 0.5) is 0 Å². The molecule has 2 aromatic carbocycles. The zero-order chi connectivity index (χ0) is 20.6. The maximum absolute atomic E-state index is 12.5. The van der Waals surface area contributed by atoms with Crippen molar-refractivity contribution in [2.45, 2.75) is 17.7 Å². The predicted molar refractivity (Wildman–Crippen MR) is 102 cm³/mol. The topological polar surface area (TPSA) is 101 Å². The van der Waals surface area contributed by atoms with Crippen molar-refractivity contribution in [2.75, 3.05) is 19.8 Å². The number of hydrogen-bond acceptors (Lipinski definition) is 6. The van der Waals surface area contributed by atoms with Crippen molar-refractivity contribution >= 4 is 27.8 Å². The first-order chi connectivity index (χ1) is 13.9. The smallest absolute Gasteiger partial charge is 0.339 e. The Kier molecular flexibility index (Phi) is 4.93. The third kappa shape index (κ3) is 3.43. The number of amides is 2. The van der Waals surface area contributed by atoms with Gasteiger partial charge in [-0.3, -0.25) is 9.59 Å². The van der Waals surface area contributed by atoms with Gasteiger partial charge in [-0.05, 0) is 49.2 Å². The standard InChI is InChI=1S/C20H18N2O6S/c23-18-16-5-1-2-6-17(16)19(24)22(18)13-28-20(25)14-7-9-15(10-8-14)29(26,27)21-11-3-4-12-21/h1-2,5-10H,3-4,11-13H2. The van der Waals surface area contributed by atoms with Crippen LogP contribution in [0.5, 0.6) is 0 Å². The third-order valence-electron chi connectivity index (χ3n) is 5.00. The van der Waals surface area contributed by atoms with E-state index in [0.717, 1.165) is 17.7 Å². The van der Waals surface area contributed by atoms with Gasteiger partial charge in [-0.15, -0.1) is 0 Å². The fourth-order valence-corrected chi connectivity index (χ4v) is 4.92. The fraction of sp³-hybridized carbons (Fsp3) is 0.250. The van der Waals surface area contributed by atoms with E-state index in [4.69, 9.17) is 4.74 Å². The molecule has 1 fully saturated rings. The van der Waals surface area contributed by atoms with Gasteiger partial charge in [-0.25, -0.2) is 18.1 Å². The highest BCUT2D eigenvalue weighted by atomic mass is 32.2. The van der Waals surface area contributed by atoms with Gasteiger partial charge in [0.15, 0.2) is 6.73 Å². The minimum absolute atomic E-state index is 0.108. The van der Waals surface area contributed by atoms with E-state index in [1.54, 1.807) is 12.1 Å². The molecule has 2 aliphatic heterocycles. The largest absolute Gasteiger partial charge is 0.440 e. The highest BCUT2D eigenvalue weighted by molar-refractivity contribution is 7.89. The molecule has 0 aliphatic carbocycles. The molecule has 0 bridgehead atoms. The van der Waals surface area contributed by atoms with Crippen LogP contribution in [-0.2, 0) is 14.8 Å². The van der Waals surface area contributed by atoms with E-state index in [1.165, 1.54) is 40.7 Å². The lowest BCUT2D eigenvalue weighted by Crippen LogP contribution is -2.33. The maximum Gasteiger partial charge on any atom is 0.339 e. The molecule has 8 nitrogen and oxygen atoms in total. The molecule has 0 radical (unpaired) electrons. The molecule has 0 unspecified atom stereocenters. The van der Waals surface area contributed by atoms with Crippen molar-refractivity contribution in [3.05, 3.63) is 65.2 Å². The number of hydrogen-bond donors (Lipinski definition) is 0. The molecule has 0 atom stereocenters. The number of carbonyl (C=O) groups is 3. The van der Waals surface area contributed by atoms with Gasteiger partial charge < -0.3 is 4.74 Å². The summed E-state index contributed by atoms with van der Waals surface area (Å²) in [6.45, 7) is 0.470. The summed E-state index contributed by atoms with van der Waals surface area (Å²) in [6, 6.07) is 11.8. The lowest BCUT2D eigenvalue weighted by atomic mass is 10.1. The van der Waals surface area contributed by atoms with Crippen molar-refractivity contribution in [1.29, 1.82) is 0 Å². The molecule has 2 amide bonds. The first-order valence-electron chi connectivity index (χ1n) is 9.12. The summed E-state index contributed by atoms with van der Waals surface area (Å²) in [5.74, 6) is -1.80. The van der Waals surface area contributed by atoms with Crippen molar-refractivity contribution < 1.29 is 27.5 Å². The summed E-state index contributed by atoms with van der Waals surface area (Å²) in [6.07, 6.45) is 1.67. The van der Waals surface area contributed by atoms with Crippen LogP contribution < -0.4 is 0 Å². The molecule has 0 aromatic heterocycles. The van der Waals surface area contributed by atoms with Crippen LogP contribution in [0.1, 0.15) is 43.9 Å². The zero-order valence-corrected chi connectivity index (χ0v) is 16.2. The quantitative estimate of drug-likeness (QED) is 0.547. The maximum atomic E-state index is 12.5. The monoisotopic (exact) mass is 414 g/mol. The van der Waals surface area contributed by atoms with E-state index in [1.807, 2.05) is 0 Å². The van der Waals surface area contributed by atoms with Gasteiger partial charge in [0.05, 0.1) is 21.6 Å². The number of rotatable bonds is 5. The molecule has 2 heterocycles. The van der Waals surface area contributed by atoms with E-state index in [2.05, 4.69) is 0 Å². The fourth-order valence-electron chi connectivity index (χ4n) is 3.40. The van der Waals surface area contributed by atoms with Gasteiger partial charge in [0, 0.05) is 13.1 Å². The predicted octanol–water partition coefficient (Wildman–Crippen LogP) is 1.88. The van der Waals surface area contributed by atoms with Crippen LogP contribution in [0, 0.1) is 0 Å². The molecule has 150 valence electrons. The molecule has 1 saturated heterocycles. The van der Waals surface area contributed by atoms with Crippen LogP contribution in [0.25, 0.3) is 0 Å². The highest BCUT2D eigenvalue weighted by Crippen LogP contribution is 2.23. The molecular weight excluding hydrogens is 396 g/mol. The number of esters is 1. The summed E-state index contributed by atoms with van der Waals surface area (Å²) in [4.78, 5) is 37.8.